The molecule has 3 aromatic heterocycles. The smallest absolute Gasteiger partial charge is 0.162 e. The second kappa shape index (κ2) is 5.88. The lowest BCUT2D eigenvalue weighted by Crippen LogP contribution is -2.02. The Bertz CT molecular complexity index is 777. The topological polar surface area (TPSA) is 47.9 Å². The first-order valence-corrected chi connectivity index (χ1v) is 8.07. The van der Waals surface area contributed by atoms with Crippen LogP contribution < -0.4 is 0 Å². The van der Waals surface area contributed by atoms with Crippen molar-refractivity contribution < 1.29 is 4.74 Å². The van der Waals surface area contributed by atoms with E-state index in [0.29, 0.717) is 17.6 Å². The molecular formula is C13H9ClIN3OS. The Balaban J connectivity index is 2.12. The number of thiophene rings is 1. The lowest BCUT2D eigenvalue weighted by molar-refractivity contribution is 0.181. The van der Waals surface area contributed by atoms with Gasteiger partial charge >= 0.3 is 0 Å². The lowest BCUT2D eigenvalue weighted by atomic mass is 10.2. The van der Waals surface area contributed by atoms with Crippen LogP contribution in [-0.4, -0.2) is 22.1 Å². The summed E-state index contributed by atoms with van der Waals surface area (Å²) in [5.41, 5.74) is 2.62. The van der Waals surface area contributed by atoms with Crippen LogP contribution in [-0.2, 0) is 11.3 Å². The van der Waals surface area contributed by atoms with Crippen LogP contribution in [0.1, 0.15) is 5.69 Å². The molecule has 0 saturated carbocycles. The number of pyridine rings is 1. The first-order chi connectivity index (χ1) is 9.69. The van der Waals surface area contributed by atoms with Gasteiger partial charge < -0.3 is 4.74 Å². The molecule has 3 heterocycles. The van der Waals surface area contributed by atoms with Crippen molar-refractivity contribution in [3.8, 4) is 11.4 Å². The van der Waals surface area contributed by atoms with Crippen LogP contribution in [0.3, 0.4) is 0 Å². The Morgan fingerprint density at radius 3 is 3.05 bits per heavy atom. The molecule has 4 nitrogen and oxygen atoms in total. The predicted molar refractivity (Wildman–Crippen MR) is 89.1 cm³/mol. The van der Waals surface area contributed by atoms with E-state index >= 15 is 0 Å². The second-order valence-electron chi connectivity index (χ2n) is 4.06. The molecule has 0 bridgehead atoms. The van der Waals surface area contributed by atoms with E-state index in [4.69, 9.17) is 16.3 Å². The highest BCUT2D eigenvalue weighted by Crippen LogP contribution is 2.27. The molecule has 102 valence electrons. The van der Waals surface area contributed by atoms with E-state index in [0.717, 1.165) is 25.0 Å². The fourth-order valence-corrected chi connectivity index (χ4v) is 3.16. The second-order valence-corrected chi connectivity index (χ2v) is 6.44. The molecule has 0 aliphatic carbocycles. The highest BCUT2D eigenvalue weighted by Gasteiger charge is 2.13. The van der Waals surface area contributed by atoms with Crippen LogP contribution in [0.2, 0.25) is 5.15 Å². The standard InChI is InChI=1S/C13H9ClIN3OS/c1-19-6-9-11(15)12(14)18-13(17-9)7-4-10-8(16-5-7)2-3-20-10/h2-5H,6H2,1H3. The molecule has 0 spiro atoms. The minimum absolute atomic E-state index is 0.405. The average Bonchev–Trinajstić information content (AvgIpc) is 2.91. The number of rotatable bonds is 3. The molecule has 0 unspecified atom stereocenters. The predicted octanol–water partition coefficient (Wildman–Crippen LogP) is 4.16. The summed E-state index contributed by atoms with van der Waals surface area (Å²) in [6.45, 7) is 0.405. The molecule has 0 fully saturated rings. The fourth-order valence-electron chi connectivity index (χ4n) is 1.79. The first kappa shape index (κ1) is 14.1. The fraction of sp³-hybridized carbons (Fsp3) is 0.154. The number of nitrogens with zero attached hydrogens (tertiary/aromatic N) is 3. The summed E-state index contributed by atoms with van der Waals surface area (Å²) in [6.07, 6.45) is 1.77. The Kier molecular flexibility index (Phi) is 4.16. The van der Waals surface area contributed by atoms with E-state index in [1.54, 1.807) is 24.6 Å². The Labute approximate surface area is 138 Å². The van der Waals surface area contributed by atoms with Gasteiger partial charge in [-0.3, -0.25) is 4.98 Å². The third-order valence-corrected chi connectivity index (χ3v) is 5.30. The minimum Gasteiger partial charge on any atom is -0.378 e. The van der Waals surface area contributed by atoms with Gasteiger partial charge in [0.15, 0.2) is 5.82 Å². The first-order valence-electron chi connectivity index (χ1n) is 5.73. The molecule has 0 N–H and O–H groups in total. The van der Waals surface area contributed by atoms with E-state index in [1.165, 1.54) is 0 Å². The zero-order valence-electron chi connectivity index (χ0n) is 10.4. The van der Waals surface area contributed by atoms with E-state index in [1.807, 2.05) is 17.5 Å². The summed E-state index contributed by atoms with van der Waals surface area (Å²) >= 11 is 9.94. The van der Waals surface area contributed by atoms with Gasteiger partial charge in [-0.2, -0.15) is 0 Å². The maximum Gasteiger partial charge on any atom is 0.162 e. The maximum absolute atomic E-state index is 6.17. The van der Waals surface area contributed by atoms with Crippen LogP contribution >= 0.6 is 45.5 Å². The molecule has 0 amide bonds. The summed E-state index contributed by atoms with van der Waals surface area (Å²) in [5.74, 6) is 0.574. The molecule has 0 radical (unpaired) electrons. The van der Waals surface area contributed by atoms with Crippen molar-refractivity contribution in [2.75, 3.05) is 7.11 Å². The molecule has 7 heteroatoms. The van der Waals surface area contributed by atoms with E-state index in [9.17, 15) is 0 Å². The SMILES string of the molecule is COCc1nc(-c2cnc3ccsc3c2)nc(Cl)c1I. The number of ether oxygens (including phenoxy) is 1. The number of methoxy groups -OCH3 is 1. The van der Waals surface area contributed by atoms with E-state index in [-0.39, 0.29) is 0 Å². The van der Waals surface area contributed by atoms with Gasteiger partial charge in [-0.25, -0.2) is 9.97 Å². The molecule has 0 aliphatic heterocycles. The summed E-state index contributed by atoms with van der Waals surface area (Å²) in [5, 5.41) is 2.45. The van der Waals surface area contributed by atoms with Crippen LogP contribution in [0, 0.1) is 3.57 Å². The van der Waals surface area contributed by atoms with Gasteiger partial charge in [-0.15, -0.1) is 11.3 Å². The molecule has 0 aliphatic rings. The van der Waals surface area contributed by atoms with Gasteiger partial charge in [0.05, 0.1) is 26.1 Å². The highest BCUT2D eigenvalue weighted by atomic mass is 127. The summed E-state index contributed by atoms with van der Waals surface area (Å²) in [4.78, 5) is 13.3. The lowest BCUT2D eigenvalue weighted by Gasteiger charge is -2.07. The molecule has 3 rings (SSSR count). The van der Waals surface area contributed by atoms with Crippen molar-refractivity contribution in [3.05, 3.63) is 38.1 Å². The number of hydrogen-bond donors (Lipinski definition) is 0. The van der Waals surface area contributed by atoms with Crippen LogP contribution in [0.5, 0.6) is 0 Å². The number of hydrogen-bond acceptors (Lipinski definition) is 5. The maximum atomic E-state index is 6.17. The Morgan fingerprint density at radius 1 is 1.40 bits per heavy atom. The number of fused-ring (bicyclic) bond motifs is 1. The molecule has 0 atom stereocenters. The van der Waals surface area contributed by atoms with E-state index < -0.39 is 0 Å². The summed E-state index contributed by atoms with van der Waals surface area (Å²) < 4.78 is 7.07. The molecule has 20 heavy (non-hydrogen) atoms. The van der Waals surface area contributed by atoms with Gasteiger partial charge in [-0.05, 0) is 40.1 Å². The molecule has 0 aromatic carbocycles. The molecular weight excluding hydrogens is 409 g/mol. The van der Waals surface area contributed by atoms with Crippen molar-refractivity contribution >= 4 is 55.7 Å². The van der Waals surface area contributed by atoms with Gasteiger partial charge in [0, 0.05) is 18.9 Å². The third kappa shape index (κ3) is 2.65. The molecule has 3 aromatic rings. The quantitative estimate of drug-likeness (QED) is 0.474. The monoisotopic (exact) mass is 417 g/mol. The van der Waals surface area contributed by atoms with Crippen molar-refractivity contribution in [2.24, 2.45) is 0 Å². The summed E-state index contributed by atoms with van der Waals surface area (Å²) in [6, 6.07) is 4.02. The summed E-state index contributed by atoms with van der Waals surface area (Å²) in [7, 11) is 1.63. The largest absolute Gasteiger partial charge is 0.378 e. The highest BCUT2D eigenvalue weighted by molar-refractivity contribution is 14.1. The average molecular weight is 418 g/mol. The minimum atomic E-state index is 0.405. The Hall–Kier alpha value is -0.830. The van der Waals surface area contributed by atoms with Crippen LogP contribution in [0.4, 0.5) is 0 Å². The number of halogens is 2. The van der Waals surface area contributed by atoms with Gasteiger partial charge in [-0.1, -0.05) is 11.6 Å². The van der Waals surface area contributed by atoms with Crippen LogP contribution in [0.15, 0.2) is 23.7 Å². The zero-order valence-corrected chi connectivity index (χ0v) is 14.2. The van der Waals surface area contributed by atoms with Gasteiger partial charge in [0.1, 0.15) is 5.15 Å². The zero-order chi connectivity index (χ0) is 14.1. The van der Waals surface area contributed by atoms with Gasteiger partial charge in [0.25, 0.3) is 0 Å². The van der Waals surface area contributed by atoms with Crippen LogP contribution in [0.25, 0.3) is 21.6 Å². The third-order valence-electron chi connectivity index (χ3n) is 2.72. The number of aromatic nitrogens is 3. The van der Waals surface area contributed by atoms with E-state index in [2.05, 4.69) is 37.5 Å². The normalized spacial score (nSPS) is 11.2. The van der Waals surface area contributed by atoms with Crippen molar-refractivity contribution in [1.82, 2.24) is 15.0 Å². The Morgan fingerprint density at radius 2 is 2.25 bits per heavy atom. The molecule has 0 saturated heterocycles. The van der Waals surface area contributed by atoms with Crippen molar-refractivity contribution in [1.29, 1.82) is 0 Å². The van der Waals surface area contributed by atoms with Gasteiger partial charge in [0.2, 0.25) is 0 Å². The van der Waals surface area contributed by atoms with Crippen molar-refractivity contribution in [3.63, 3.8) is 0 Å². The van der Waals surface area contributed by atoms with Crippen molar-refractivity contribution in [2.45, 2.75) is 6.61 Å².